The first-order valence-corrected chi connectivity index (χ1v) is 4.97. The first kappa shape index (κ1) is 10.4. The summed E-state index contributed by atoms with van der Waals surface area (Å²) in [5.74, 6) is 0.739. The van der Waals surface area contributed by atoms with Crippen molar-refractivity contribution in [1.29, 1.82) is 0 Å². The van der Waals surface area contributed by atoms with Gasteiger partial charge in [-0.2, -0.15) is 8.78 Å². The topological polar surface area (TPSA) is 35.2 Å². The van der Waals surface area contributed by atoms with Crippen molar-refractivity contribution < 1.29 is 13.5 Å². The molecular formula is C11H13F2NO. The second-order valence-corrected chi connectivity index (χ2v) is 3.81. The van der Waals surface area contributed by atoms with E-state index in [0.717, 1.165) is 18.4 Å². The fourth-order valence-corrected chi connectivity index (χ4v) is 1.60. The van der Waals surface area contributed by atoms with E-state index in [1.807, 2.05) is 0 Å². The minimum atomic E-state index is -2.77. The molecule has 0 spiro atoms. The zero-order valence-electron chi connectivity index (χ0n) is 8.20. The molecule has 1 aromatic rings. The van der Waals surface area contributed by atoms with Crippen molar-refractivity contribution in [2.24, 2.45) is 11.7 Å². The van der Waals surface area contributed by atoms with Crippen LogP contribution < -0.4 is 10.5 Å². The second kappa shape index (κ2) is 4.14. The van der Waals surface area contributed by atoms with Crippen LogP contribution in [0.4, 0.5) is 8.78 Å². The van der Waals surface area contributed by atoms with E-state index in [1.54, 1.807) is 12.1 Å². The minimum absolute atomic E-state index is 0.0330. The first-order valence-electron chi connectivity index (χ1n) is 4.97. The van der Waals surface area contributed by atoms with E-state index in [1.165, 1.54) is 12.1 Å². The Balaban J connectivity index is 2.02. The maximum Gasteiger partial charge on any atom is 0.387 e. The van der Waals surface area contributed by atoms with Crippen molar-refractivity contribution in [2.45, 2.75) is 25.5 Å². The SMILES string of the molecule is N[C@@H](c1ccc(OC(F)F)cc1)C1CC1. The first-order chi connectivity index (χ1) is 7.16. The number of alkyl halides is 2. The third-order valence-corrected chi connectivity index (χ3v) is 2.62. The molecule has 0 amide bonds. The highest BCUT2D eigenvalue weighted by Gasteiger charge is 2.29. The molecule has 1 fully saturated rings. The molecule has 4 heteroatoms. The Labute approximate surface area is 87.0 Å². The summed E-state index contributed by atoms with van der Waals surface area (Å²) in [5.41, 5.74) is 6.95. The molecule has 0 radical (unpaired) electrons. The Hall–Kier alpha value is -1.16. The molecule has 1 saturated carbocycles. The van der Waals surface area contributed by atoms with E-state index in [9.17, 15) is 8.78 Å². The number of ether oxygens (including phenoxy) is 1. The van der Waals surface area contributed by atoms with Crippen LogP contribution in [-0.4, -0.2) is 6.61 Å². The molecule has 2 rings (SSSR count). The van der Waals surface area contributed by atoms with E-state index in [0.29, 0.717) is 5.92 Å². The Morgan fingerprint density at radius 1 is 1.20 bits per heavy atom. The maximum atomic E-state index is 11.9. The summed E-state index contributed by atoms with van der Waals surface area (Å²) >= 11 is 0. The van der Waals surface area contributed by atoms with Crippen LogP contribution >= 0.6 is 0 Å². The number of halogens is 2. The maximum absolute atomic E-state index is 11.9. The molecule has 2 nitrogen and oxygen atoms in total. The van der Waals surface area contributed by atoms with E-state index >= 15 is 0 Å². The summed E-state index contributed by atoms with van der Waals surface area (Å²) in [6.07, 6.45) is 2.33. The number of rotatable bonds is 4. The molecule has 0 unspecified atom stereocenters. The Bertz CT molecular complexity index is 322. The second-order valence-electron chi connectivity index (χ2n) is 3.81. The third kappa shape index (κ3) is 2.65. The summed E-state index contributed by atoms with van der Waals surface area (Å²) < 4.78 is 28.0. The summed E-state index contributed by atoms with van der Waals surface area (Å²) in [7, 11) is 0. The Morgan fingerprint density at radius 3 is 2.27 bits per heavy atom. The monoisotopic (exact) mass is 213 g/mol. The van der Waals surface area contributed by atoms with Crippen LogP contribution in [0.1, 0.15) is 24.4 Å². The van der Waals surface area contributed by atoms with E-state index < -0.39 is 6.61 Å². The van der Waals surface area contributed by atoms with Crippen molar-refractivity contribution in [1.82, 2.24) is 0 Å². The molecule has 0 saturated heterocycles. The summed E-state index contributed by atoms with van der Waals surface area (Å²) in [6, 6.07) is 6.60. The number of hydrogen-bond donors (Lipinski definition) is 1. The highest BCUT2D eigenvalue weighted by Crippen LogP contribution is 2.39. The van der Waals surface area contributed by atoms with Gasteiger partial charge in [0.25, 0.3) is 0 Å². The molecule has 0 bridgehead atoms. The van der Waals surface area contributed by atoms with E-state index in [4.69, 9.17) is 5.73 Å². The molecule has 1 aliphatic rings. The van der Waals surface area contributed by atoms with Gasteiger partial charge in [-0.05, 0) is 36.5 Å². The van der Waals surface area contributed by atoms with Gasteiger partial charge in [-0.15, -0.1) is 0 Å². The van der Waals surface area contributed by atoms with Crippen molar-refractivity contribution in [3.8, 4) is 5.75 Å². The van der Waals surface area contributed by atoms with E-state index in [-0.39, 0.29) is 11.8 Å². The average molecular weight is 213 g/mol. The molecule has 0 aliphatic heterocycles. The number of hydrogen-bond acceptors (Lipinski definition) is 2. The average Bonchev–Trinajstić information content (AvgIpc) is 3.00. The lowest BCUT2D eigenvalue weighted by atomic mass is 10.0. The van der Waals surface area contributed by atoms with Gasteiger partial charge in [0.2, 0.25) is 0 Å². The van der Waals surface area contributed by atoms with Crippen LogP contribution in [0.3, 0.4) is 0 Å². The van der Waals surface area contributed by atoms with E-state index in [2.05, 4.69) is 4.74 Å². The summed E-state index contributed by atoms with van der Waals surface area (Å²) in [6.45, 7) is -2.77. The zero-order valence-corrected chi connectivity index (χ0v) is 8.20. The molecule has 1 aromatic carbocycles. The van der Waals surface area contributed by atoms with Gasteiger partial charge in [-0.1, -0.05) is 12.1 Å². The molecule has 0 heterocycles. The lowest BCUT2D eigenvalue weighted by Gasteiger charge is -2.11. The van der Waals surface area contributed by atoms with Gasteiger partial charge in [0.15, 0.2) is 0 Å². The van der Waals surface area contributed by atoms with Crippen LogP contribution in [0.25, 0.3) is 0 Å². The molecule has 2 N–H and O–H groups in total. The zero-order chi connectivity index (χ0) is 10.8. The van der Waals surface area contributed by atoms with Gasteiger partial charge in [0.05, 0.1) is 0 Å². The smallest absolute Gasteiger partial charge is 0.387 e. The summed E-state index contributed by atoms with van der Waals surface area (Å²) in [5, 5.41) is 0. The van der Waals surface area contributed by atoms with Crippen molar-refractivity contribution in [3.05, 3.63) is 29.8 Å². The molecule has 1 aliphatic carbocycles. The number of benzene rings is 1. The highest BCUT2D eigenvalue weighted by atomic mass is 19.3. The van der Waals surface area contributed by atoms with Crippen molar-refractivity contribution in [2.75, 3.05) is 0 Å². The predicted octanol–water partition coefficient (Wildman–Crippen LogP) is 2.70. The molecule has 1 atom stereocenters. The molecule has 82 valence electrons. The fourth-order valence-electron chi connectivity index (χ4n) is 1.60. The lowest BCUT2D eigenvalue weighted by molar-refractivity contribution is -0.0498. The molecular weight excluding hydrogens is 200 g/mol. The highest BCUT2D eigenvalue weighted by molar-refractivity contribution is 5.29. The van der Waals surface area contributed by atoms with Crippen LogP contribution in [-0.2, 0) is 0 Å². The minimum Gasteiger partial charge on any atom is -0.435 e. The van der Waals surface area contributed by atoms with Gasteiger partial charge in [-0.3, -0.25) is 0 Å². The normalized spacial score (nSPS) is 17.9. The van der Waals surface area contributed by atoms with Crippen molar-refractivity contribution in [3.63, 3.8) is 0 Å². The number of nitrogens with two attached hydrogens (primary N) is 1. The largest absolute Gasteiger partial charge is 0.435 e. The fraction of sp³-hybridized carbons (Fsp3) is 0.455. The van der Waals surface area contributed by atoms with Gasteiger partial charge in [-0.25, -0.2) is 0 Å². The summed E-state index contributed by atoms with van der Waals surface area (Å²) in [4.78, 5) is 0. The van der Waals surface area contributed by atoms with Crippen LogP contribution in [0, 0.1) is 5.92 Å². The van der Waals surface area contributed by atoms with Gasteiger partial charge < -0.3 is 10.5 Å². The Kier molecular flexibility index (Phi) is 2.86. The van der Waals surface area contributed by atoms with Crippen molar-refractivity contribution >= 4 is 0 Å². The van der Waals surface area contributed by atoms with Crippen LogP contribution in [0.2, 0.25) is 0 Å². The lowest BCUT2D eigenvalue weighted by Crippen LogP contribution is -2.12. The standard InChI is InChI=1S/C11H13F2NO/c12-11(13)15-9-5-3-8(4-6-9)10(14)7-1-2-7/h3-7,10-11H,1-2,14H2/t10-/m1/s1. The van der Waals surface area contributed by atoms with Crippen LogP contribution in [0.5, 0.6) is 5.75 Å². The molecule has 0 aromatic heterocycles. The Morgan fingerprint density at radius 2 is 1.80 bits per heavy atom. The molecule has 15 heavy (non-hydrogen) atoms. The van der Waals surface area contributed by atoms with Gasteiger partial charge >= 0.3 is 6.61 Å². The van der Waals surface area contributed by atoms with Gasteiger partial charge in [0, 0.05) is 6.04 Å². The predicted molar refractivity (Wildman–Crippen MR) is 52.7 cm³/mol. The van der Waals surface area contributed by atoms with Gasteiger partial charge in [0.1, 0.15) is 5.75 Å². The van der Waals surface area contributed by atoms with Crippen LogP contribution in [0.15, 0.2) is 24.3 Å². The third-order valence-electron chi connectivity index (χ3n) is 2.62. The quantitative estimate of drug-likeness (QED) is 0.834.